The lowest BCUT2D eigenvalue weighted by Gasteiger charge is -2.28. The van der Waals surface area contributed by atoms with Gasteiger partial charge < -0.3 is 9.47 Å². The van der Waals surface area contributed by atoms with E-state index in [1.807, 2.05) is 0 Å². The predicted molar refractivity (Wildman–Crippen MR) is 109 cm³/mol. The van der Waals surface area contributed by atoms with Crippen molar-refractivity contribution in [2.45, 2.75) is 64.5 Å². The van der Waals surface area contributed by atoms with Crippen LogP contribution in [-0.4, -0.2) is 51.4 Å². The highest BCUT2D eigenvalue weighted by Crippen LogP contribution is 2.35. The molecule has 5 nitrogen and oxygen atoms in total. The normalized spacial score (nSPS) is 21.9. The maximum Gasteiger partial charge on any atom is 0.236 e. The summed E-state index contributed by atoms with van der Waals surface area (Å²) in [7, 11) is 0. The Kier molecular flexibility index (Phi) is 5.48. The van der Waals surface area contributed by atoms with Gasteiger partial charge in [0.15, 0.2) is 0 Å². The molecule has 27 heavy (non-hydrogen) atoms. The standard InChI is InChI=1S/C22H32N4O/c1-17(2)26-19-11-6-5-10-18(19)23-22(26)20-12-9-15-25(20)16-21(27)24-13-7-3-4-8-14-24/h5-6,10-11,17,20H,3-4,7-9,12-16H2,1-2H3. The Bertz CT molecular complexity index is 789. The van der Waals surface area contributed by atoms with E-state index >= 15 is 0 Å². The van der Waals surface area contributed by atoms with Crippen LogP contribution in [0, 0.1) is 0 Å². The van der Waals surface area contributed by atoms with E-state index in [1.165, 1.54) is 18.4 Å². The summed E-state index contributed by atoms with van der Waals surface area (Å²) in [5.74, 6) is 1.43. The molecule has 0 aliphatic carbocycles. The lowest BCUT2D eigenvalue weighted by Crippen LogP contribution is -2.41. The molecule has 0 radical (unpaired) electrons. The summed E-state index contributed by atoms with van der Waals surface area (Å²) in [6.45, 7) is 7.83. The number of carbonyl (C=O) groups excluding carboxylic acids is 1. The zero-order chi connectivity index (χ0) is 18.8. The van der Waals surface area contributed by atoms with Crippen LogP contribution in [0.25, 0.3) is 11.0 Å². The first kappa shape index (κ1) is 18.5. The first-order valence-corrected chi connectivity index (χ1v) is 10.6. The largest absolute Gasteiger partial charge is 0.342 e. The maximum atomic E-state index is 12.9. The Hall–Kier alpha value is -1.88. The fourth-order valence-electron chi connectivity index (χ4n) is 4.74. The van der Waals surface area contributed by atoms with Gasteiger partial charge in [-0.3, -0.25) is 9.69 Å². The predicted octanol–water partition coefficient (Wildman–Crippen LogP) is 4.16. The summed E-state index contributed by atoms with van der Waals surface area (Å²) in [6, 6.07) is 9.00. The summed E-state index contributed by atoms with van der Waals surface area (Å²) in [4.78, 5) is 22.4. The molecule has 5 heteroatoms. The van der Waals surface area contributed by atoms with Crippen molar-refractivity contribution in [2.75, 3.05) is 26.2 Å². The highest BCUT2D eigenvalue weighted by molar-refractivity contribution is 5.78. The minimum Gasteiger partial charge on any atom is -0.342 e. The second-order valence-electron chi connectivity index (χ2n) is 8.35. The molecule has 1 amide bonds. The summed E-state index contributed by atoms with van der Waals surface area (Å²) < 4.78 is 2.37. The van der Waals surface area contributed by atoms with Gasteiger partial charge in [0.25, 0.3) is 0 Å². The fourth-order valence-corrected chi connectivity index (χ4v) is 4.74. The van der Waals surface area contributed by atoms with Crippen LogP contribution in [0.5, 0.6) is 0 Å². The molecule has 0 saturated carbocycles. The van der Waals surface area contributed by atoms with E-state index < -0.39 is 0 Å². The molecule has 1 unspecified atom stereocenters. The van der Waals surface area contributed by atoms with Crippen molar-refractivity contribution in [3.05, 3.63) is 30.1 Å². The molecule has 146 valence electrons. The second kappa shape index (κ2) is 8.01. The molecule has 2 saturated heterocycles. The second-order valence-corrected chi connectivity index (χ2v) is 8.35. The van der Waals surface area contributed by atoms with Crippen LogP contribution in [0.2, 0.25) is 0 Å². The molecule has 0 spiro atoms. The van der Waals surface area contributed by atoms with Crippen LogP contribution in [0.1, 0.15) is 70.3 Å². The fraction of sp³-hybridized carbons (Fsp3) is 0.636. The van der Waals surface area contributed by atoms with Gasteiger partial charge in [-0.25, -0.2) is 4.98 Å². The number of aromatic nitrogens is 2. The van der Waals surface area contributed by atoms with Crippen LogP contribution in [0.4, 0.5) is 0 Å². The van der Waals surface area contributed by atoms with Gasteiger partial charge in [-0.15, -0.1) is 0 Å². The van der Waals surface area contributed by atoms with Crippen molar-refractivity contribution >= 4 is 16.9 Å². The number of hydrogen-bond acceptors (Lipinski definition) is 3. The number of likely N-dealkylation sites (tertiary alicyclic amines) is 2. The zero-order valence-corrected chi connectivity index (χ0v) is 16.7. The number of benzene rings is 1. The van der Waals surface area contributed by atoms with Crippen LogP contribution in [0.3, 0.4) is 0 Å². The third kappa shape index (κ3) is 3.75. The number of hydrogen-bond donors (Lipinski definition) is 0. The van der Waals surface area contributed by atoms with Gasteiger partial charge in [-0.1, -0.05) is 25.0 Å². The van der Waals surface area contributed by atoms with Crippen LogP contribution in [-0.2, 0) is 4.79 Å². The van der Waals surface area contributed by atoms with Gasteiger partial charge in [-0.05, 0) is 58.2 Å². The quantitative estimate of drug-likeness (QED) is 0.814. The highest BCUT2D eigenvalue weighted by atomic mass is 16.2. The van der Waals surface area contributed by atoms with E-state index in [4.69, 9.17) is 4.98 Å². The van der Waals surface area contributed by atoms with E-state index in [9.17, 15) is 4.79 Å². The number of imidazole rings is 1. The molecule has 2 fully saturated rings. The molecular formula is C22H32N4O. The van der Waals surface area contributed by atoms with Crippen molar-refractivity contribution in [2.24, 2.45) is 0 Å². The Morgan fingerprint density at radius 2 is 1.81 bits per heavy atom. The molecule has 2 aromatic rings. The first-order chi connectivity index (χ1) is 13.1. The smallest absolute Gasteiger partial charge is 0.236 e. The van der Waals surface area contributed by atoms with E-state index in [1.54, 1.807) is 0 Å². The number of para-hydroxylation sites is 2. The molecule has 4 rings (SSSR count). The first-order valence-electron chi connectivity index (χ1n) is 10.6. The van der Waals surface area contributed by atoms with Crippen LogP contribution < -0.4 is 0 Å². The molecule has 3 heterocycles. The van der Waals surface area contributed by atoms with Crippen LogP contribution >= 0.6 is 0 Å². The van der Waals surface area contributed by atoms with Crippen molar-refractivity contribution in [1.82, 2.24) is 19.4 Å². The van der Waals surface area contributed by atoms with E-state index in [2.05, 4.69) is 52.5 Å². The van der Waals surface area contributed by atoms with Gasteiger partial charge in [0.2, 0.25) is 5.91 Å². The average Bonchev–Trinajstić information content (AvgIpc) is 3.16. The number of amides is 1. The molecule has 0 N–H and O–H groups in total. The molecule has 0 bridgehead atoms. The van der Waals surface area contributed by atoms with E-state index in [0.29, 0.717) is 18.5 Å². The summed E-state index contributed by atoms with van der Waals surface area (Å²) in [5.41, 5.74) is 2.26. The van der Waals surface area contributed by atoms with Crippen molar-refractivity contribution in [1.29, 1.82) is 0 Å². The van der Waals surface area contributed by atoms with E-state index in [0.717, 1.165) is 56.7 Å². The SMILES string of the molecule is CC(C)n1c(C2CCCN2CC(=O)N2CCCCCC2)nc2ccccc21. The minimum atomic E-state index is 0.246. The number of rotatable bonds is 4. The topological polar surface area (TPSA) is 41.4 Å². The Labute approximate surface area is 162 Å². The number of carbonyl (C=O) groups is 1. The monoisotopic (exact) mass is 368 g/mol. The summed E-state index contributed by atoms with van der Waals surface area (Å²) in [5, 5.41) is 0. The van der Waals surface area contributed by atoms with Crippen molar-refractivity contribution < 1.29 is 4.79 Å². The number of nitrogens with zero attached hydrogens (tertiary/aromatic N) is 4. The molecule has 1 aromatic heterocycles. The van der Waals surface area contributed by atoms with Gasteiger partial charge in [0.05, 0.1) is 23.6 Å². The molecule has 1 aromatic carbocycles. The zero-order valence-electron chi connectivity index (χ0n) is 16.7. The molecule has 2 aliphatic heterocycles. The summed E-state index contributed by atoms with van der Waals surface area (Å²) in [6.07, 6.45) is 7.04. The van der Waals surface area contributed by atoms with Gasteiger partial charge in [-0.2, -0.15) is 0 Å². The van der Waals surface area contributed by atoms with Gasteiger partial charge in [0.1, 0.15) is 5.82 Å². The average molecular weight is 369 g/mol. The third-order valence-corrected chi connectivity index (χ3v) is 6.10. The van der Waals surface area contributed by atoms with E-state index in [-0.39, 0.29) is 6.04 Å². The lowest BCUT2D eigenvalue weighted by molar-refractivity contribution is -0.132. The van der Waals surface area contributed by atoms with Crippen molar-refractivity contribution in [3.63, 3.8) is 0 Å². The Balaban J connectivity index is 1.57. The third-order valence-electron chi connectivity index (χ3n) is 6.10. The molecular weight excluding hydrogens is 336 g/mol. The molecule has 2 aliphatic rings. The van der Waals surface area contributed by atoms with Gasteiger partial charge in [0, 0.05) is 19.1 Å². The number of fused-ring (bicyclic) bond motifs is 1. The molecule has 1 atom stereocenters. The Morgan fingerprint density at radius 1 is 1.07 bits per heavy atom. The van der Waals surface area contributed by atoms with Crippen LogP contribution in [0.15, 0.2) is 24.3 Å². The lowest BCUT2D eigenvalue weighted by atomic mass is 10.2. The highest BCUT2D eigenvalue weighted by Gasteiger charge is 2.33. The minimum absolute atomic E-state index is 0.246. The van der Waals surface area contributed by atoms with Gasteiger partial charge >= 0.3 is 0 Å². The summed E-state index contributed by atoms with van der Waals surface area (Å²) >= 11 is 0. The Morgan fingerprint density at radius 3 is 2.56 bits per heavy atom. The van der Waals surface area contributed by atoms with Crippen molar-refractivity contribution in [3.8, 4) is 0 Å². The maximum absolute atomic E-state index is 12.9.